The van der Waals surface area contributed by atoms with Gasteiger partial charge in [0.25, 0.3) is 5.91 Å². The molecule has 2 aromatic carbocycles. The summed E-state index contributed by atoms with van der Waals surface area (Å²) in [6, 6.07) is 11.2. The van der Waals surface area contributed by atoms with E-state index in [0.717, 1.165) is 53.7 Å². The second kappa shape index (κ2) is 7.82. The number of aromatic nitrogens is 4. The van der Waals surface area contributed by atoms with E-state index < -0.39 is 0 Å². The fourth-order valence-corrected chi connectivity index (χ4v) is 5.97. The third-order valence-electron chi connectivity index (χ3n) is 6.76. The molecular formula is C25H21Cl2N5O. The van der Waals surface area contributed by atoms with Crippen LogP contribution in [0, 0.1) is 0 Å². The highest BCUT2D eigenvalue weighted by Gasteiger charge is 2.43. The molecule has 0 radical (unpaired) electrons. The van der Waals surface area contributed by atoms with Crippen molar-refractivity contribution in [2.24, 2.45) is 7.05 Å². The van der Waals surface area contributed by atoms with E-state index in [2.05, 4.69) is 9.97 Å². The van der Waals surface area contributed by atoms with Crippen LogP contribution in [0.3, 0.4) is 0 Å². The van der Waals surface area contributed by atoms with Gasteiger partial charge in [-0.3, -0.25) is 19.4 Å². The fourth-order valence-electron chi connectivity index (χ4n) is 5.45. The molecule has 6 nitrogen and oxygen atoms in total. The summed E-state index contributed by atoms with van der Waals surface area (Å²) in [6.45, 7) is 0. The maximum absolute atomic E-state index is 13.7. The minimum absolute atomic E-state index is 0.0286. The first-order valence-corrected chi connectivity index (χ1v) is 11.8. The molecular weight excluding hydrogens is 457 g/mol. The number of hydrogen-bond acceptors (Lipinski definition) is 4. The van der Waals surface area contributed by atoms with Crippen molar-refractivity contribution < 1.29 is 4.79 Å². The van der Waals surface area contributed by atoms with Gasteiger partial charge in [-0.05, 0) is 62.1 Å². The smallest absolute Gasteiger partial charge is 0.254 e. The number of carbonyl (C=O) groups is 1. The summed E-state index contributed by atoms with van der Waals surface area (Å²) in [5, 5.41) is 6.09. The summed E-state index contributed by atoms with van der Waals surface area (Å²) < 4.78 is 1.90. The number of benzene rings is 2. The van der Waals surface area contributed by atoms with E-state index >= 15 is 0 Å². The highest BCUT2D eigenvalue weighted by Crippen LogP contribution is 2.45. The molecule has 2 aliphatic rings. The predicted molar refractivity (Wildman–Crippen MR) is 128 cm³/mol. The molecule has 33 heavy (non-hydrogen) atoms. The minimum atomic E-state index is -0.0489. The lowest BCUT2D eigenvalue weighted by molar-refractivity contribution is 0.0392. The molecule has 8 heteroatoms. The molecule has 6 rings (SSSR count). The van der Waals surface area contributed by atoms with Gasteiger partial charge in [0.15, 0.2) is 0 Å². The second-order valence-corrected chi connectivity index (χ2v) is 9.64. The van der Waals surface area contributed by atoms with Crippen molar-refractivity contribution in [1.82, 2.24) is 24.6 Å². The number of amides is 1. The Hall–Kier alpha value is -2.96. The highest BCUT2D eigenvalue weighted by molar-refractivity contribution is 6.35. The predicted octanol–water partition coefficient (Wildman–Crippen LogP) is 5.63. The van der Waals surface area contributed by atoms with Crippen molar-refractivity contribution in [1.29, 1.82) is 0 Å². The van der Waals surface area contributed by atoms with Crippen molar-refractivity contribution in [2.75, 3.05) is 0 Å². The summed E-state index contributed by atoms with van der Waals surface area (Å²) in [5.74, 6) is 0.0286. The molecule has 1 saturated heterocycles. The van der Waals surface area contributed by atoms with E-state index in [1.807, 2.05) is 47.0 Å². The Bertz CT molecular complexity index is 1400. The van der Waals surface area contributed by atoms with Gasteiger partial charge in [-0.25, -0.2) is 0 Å². The average Bonchev–Trinajstić information content (AvgIpc) is 3.13. The molecule has 2 unspecified atom stereocenters. The lowest BCUT2D eigenvalue weighted by Crippen LogP contribution is -2.49. The van der Waals surface area contributed by atoms with Crippen LogP contribution in [0.4, 0.5) is 0 Å². The maximum Gasteiger partial charge on any atom is 0.254 e. The zero-order valence-corrected chi connectivity index (χ0v) is 19.5. The van der Waals surface area contributed by atoms with Gasteiger partial charge in [0, 0.05) is 52.2 Å². The number of piperidine rings is 1. The topological polar surface area (TPSA) is 63.9 Å². The second-order valence-electron chi connectivity index (χ2n) is 8.77. The third-order valence-corrected chi connectivity index (χ3v) is 7.20. The molecule has 2 aromatic heterocycles. The van der Waals surface area contributed by atoms with Gasteiger partial charge < -0.3 is 4.90 Å². The van der Waals surface area contributed by atoms with Crippen molar-refractivity contribution >= 4 is 40.1 Å². The van der Waals surface area contributed by atoms with Gasteiger partial charge in [0.1, 0.15) is 0 Å². The Balaban J connectivity index is 1.42. The number of carbonyl (C=O) groups excluding carboxylic acids is 1. The van der Waals surface area contributed by atoms with E-state index in [0.29, 0.717) is 15.6 Å². The molecule has 0 spiro atoms. The Labute approximate surface area is 201 Å². The fraction of sp³-hybridized carbons (Fsp3) is 0.280. The molecule has 2 aliphatic heterocycles. The van der Waals surface area contributed by atoms with Gasteiger partial charge in [-0.1, -0.05) is 23.2 Å². The van der Waals surface area contributed by atoms with Gasteiger partial charge in [-0.2, -0.15) is 5.10 Å². The SMILES string of the molecule is Cn1nc2c(c1-c1cc(Cl)cc(Cl)c1)CC1CCCC2N1C(=O)c1ccc2nccnc2c1. The zero-order chi connectivity index (χ0) is 22.7. The van der Waals surface area contributed by atoms with Crippen LogP contribution < -0.4 is 0 Å². The highest BCUT2D eigenvalue weighted by atomic mass is 35.5. The summed E-state index contributed by atoms with van der Waals surface area (Å²) in [5.41, 5.74) is 6.30. The largest absolute Gasteiger partial charge is 0.327 e. The Kier molecular flexibility index (Phi) is 4.89. The molecule has 4 aromatic rings. The number of rotatable bonds is 2. The van der Waals surface area contributed by atoms with Gasteiger partial charge in [-0.15, -0.1) is 0 Å². The van der Waals surface area contributed by atoms with E-state index in [9.17, 15) is 4.79 Å². The summed E-state index contributed by atoms with van der Waals surface area (Å²) in [6.07, 6.45) is 7.02. The lowest BCUT2D eigenvalue weighted by atomic mass is 9.81. The average molecular weight is 478 g/mol. The van der Waals surface area contributed by atoms with Crippen LogP contribution in [0.5, 0.6) is 0 Å². The van der Waals surface area contributed by atoms with E-state index in [1.54, 1.807) is 18.5 Å². The third kappa shape index (κ3) is 3.40. The lowest BCUT2D eigenvalue weighted by Gasteiger charge is -2.45. The van der Waals surface area contributed by atoms with E-state index in [4.69, 9.17) is 28.3 Å². The van der Waals surface area contributed by atoms with Crippen LogP contribution in [0.2, 0.25) is 10.0 Å². The Morgan fingerprint density at radius 3 is 2.55 bits per heavy atom. The van der Waals surface area contributed by atoms with Crippen LogP contribution in [-0.2, 0) is 13.5 Å². The molecule has 0 saturated carbocycles. The van der Waals surface area contributed by atoms with Crippen LogP contribution in [-0.4, -0.2) is 36.6 Å². The van der Waals surface area contributed by atoms with E-state index in [-0.39, 0.29) is 18.0 Å². The van der Waals surface area contributed by atoms with Crippen molar-refractivity contribution in [3.05, 3.63) is 75.7 Å². The van der Waals surface area contributed by atoms with Gasteiger partial charge >= 0.3 is 0 Å². The standard InChI is InChI=1S/C25H21Cl2N5O/c1-31-24(15-9-16(26)12-17(27)10-15)19-13-18-3-2-4-22(23(19)30-31)32(18)25(33)14-5-6-20-21(11-14)29-8-7-28-20/h5-12,18,22H,2-4,13H2,1H3. The number of halogens is 2. The molecule has 1 amide bonds. The van der Waals surface area contributed by atoms with Crippen LogP contribution in [0.25, 0.3) is 22.3 Å². The first-order chi connectivity index (χ1) is 16.0. The van der Waals surface area contributed by atoms with Crippen LogP contribution in [0.1, 0.15) is 46.9 Å². The van der Waals surface area contributed by atoms with Gasteiger partial charge in [0.05, 0.1) is 28.5 Å². The monoisotopic (exact) mass is 477 g/mol. The number of hydrogen-bond donors (Lipinski definition) is 0. The molecule has 2 bridgehead atoms. The van der Waals surface area contributed by atoms with Crippen LogP contribution >= 0.6 is 23.2 Å². The summed E-state index contributed by atoms with van der Waals surface area (Å²) >= 11 is 12.6. The van der Waals surface area contributed by atoms with E-state index in [1.165, 1.54) is 5.56 Å². The Morgan fingerprint density at radius 2 is 1.76 bits per heavy atom. The van der Waals surface area contributed by atoms with Crippen molar-refractivity contribution in [3.63, 3.8) is 0 Å². The number of fused-ring (bicyclic) bond motifs is 5. The molecule has 1 fully saturated rings. The molecule has 166 valence electrons. The maximum atomic E-state index is 13.7. The van der Waals surface area contributed by atoms with Crippen molar-refractivity contribution in [3.8, 4) is 11.3 Å². The molecule has 4 heterocycles. The Morgan fingerprint density at radius 1 is 1.00 bits per heavy atom. The quantitative estimate of drug-likeness (QED) is 0.375. The first kappa shape index (κ1) is 20.6. The summed E-state index contributed by atoms with van der Waals surface area (Å²) in [7, 11) is 1.95. The number of aryl methyl sites for hydroxylation is 1. The first-order valence-electron chi connectivity index (χ1n) is 11.1. The van der Waals surface area contributed by atoms with Gasteiger partial charge in [0.2, 0.25) is 0 Å². The van der Waals surface area contributed by atoms with Crippen LogP contribution in [0.15, 0.2) is 48.8 Å². The molecule has 2 atom stereocenters. The molecule has 0 N–H and O–H groups in total. The number of nitrogens with zero attached hydrogens (tertiary/aromatic N) is 5. The zero-order valence-electron chi connectivity index (χ0n) is 18.0. The normalized spacial score (nSPS) is 19.5. The molecule has 0 aliphatic carbocycles. The van der Waals surface area contributed by atoms with Crippen molar-refractivity contribution in [2.45, 2.75) is 37.8 Å². The minimum Gasteiger partial charge on any atom is -0.327 e. The summed E-state index contributed by atoms with van der Waals surface area (Å²) in [4.78, 5) is 24.5.